The zero-order valence-electron chi connectivity index (χ0n) is 10.4. The molecule has 0 aromatic heterocycles. The van der Waals surface area contributed by atoms with E-state index in [1.165, 1.54) is 70.6 Å². The zero-order chi connectivity index (χ0) is 10.5. The number of unbranched alkanes of at least 4 members (excludes halogenated alkanes) is 11. The summed E-state index contributed by atoms with van der Waals surface area (Å²) in [7, 11) is 0. The third kappa shape index (κ3) is 12.0. The van der Waals surface area contributed by atoms with Gasteiger partial charge in [0.15, 0.2) is 0 Å². The summed E-state index contributed by atoms with van der Waals surface area (Å²) < 4.78 is 0. The van der Waals surface area contributed by atoms with Gasteiger partial charge in [0.25, 0.3) is 0 Å². The summed E-state index contributed by atoms with van der Waals surface area (Å²) in [5, 5.41) is 0. The second-order valence-electron chi connectivity index (χ2n) is 4.38. The molecule has 0 amide bonds. The van der Waals surface area contributed by atoms with Crippen LogP contribution in [0.2, 0.25) is 0 Å². The van der Waals surface area contributed by atoms with Crippen LogP contribution in [0.5, 0.6) is 0 Å². The summed E-state index contributed by atoms with van der Waals surface area (Å²) in [6.45, 7) is 4.44. The van der Waals surface area contributed by atoms with Gasteiger partial charge >= 0.3 is 0 Å². The molecule has 0 N–H and O–H groups in total. The first-order valence-corrected chi connectivity index (χ1v) is 6.69. The maximum atomic E-state index is 2.28. The Balaban J connectivity index is 2.78. The molecule has 14 heavy (non-hydrogen) atoms. The average Bonchev–Trinajstić information content (AvgIpc) is 2.21. The van der Waals surface area contributed by atoms with Gasteiger partial charge in [-0.1, -0.05) is 84.5 Å². The Morgan fingerprint density at radius 1 is 0.643 bits per heavy atom. The highest BCUT2D eigenvalue weighted by atomic mass is 14.0. The molecular weight excluding hydrogens is 168 g/mol. The molecule has 85 valence electrons. The lowest BCUT2D eigenvalue weighted by atomic mass is 10.1. The largest absolute Gasteiger partial charge is 0.0654 e. The summed E-state index contributed by atoms with van der Waals surface area (Å²) in [6, 6.07) is 0. The lowest BCUT2D eigenvalue weighted by Gasteiger charge is -2.01. The van der Waals surface area contributed by atoms with E-state index in [0.29, 0.717) is 0 Å². The summed E-state index contributed by atoms with van der Waals surface area (Å²) in [5.74, 6) is 0. The molecular formula is C14H29. The van der Waals surface area contributed by atoms with Crippen LogP contribution in [0.25, 0.3) is 0 Å². The van der Waals surface area contributed by atoms with Crippen molar-refractivity contribution in [1.82, 2.24) is 0 Å². The van der Waals surface area contributed by atoms with Gasteiger partial charge in [0.1, 0.15) is 0 Å². The lowest BCUT2D eigenvalue weighted by molar-refractivity contribution is 0.555. The molecule has 0 aliphatic heterocycles. The van der Waals surface area contributed by atoms with Crippen molar-refractivity contribution in [2.45, 2.75) is 84.5 Å². The average molecular weight is 197 g/mol. The minimum atomic E-state index is 1.32. The predicted octanol–water partition coefficient (Wildman–Crippen LogP) is 5.52. The van der Waals surface area contributed by atoms with Crippen molar-refractivity contribution in [3.8, 4) is 0 Å². The van der Waals surface area contributed by atoms with E-state index in [0.717, 1.165) is 0 Å². The standard InChI is InChI=1S/C14H29/c1-3-5-7-9-11-13-14-12-10-8-6-4-2/h3H,4-14H2,1-2H3. The fourth-order valence-corrected chi connectivity index (χ4v) is 1.84. The minimum absolute atomic E-state index is 1.32. The molecule has 0 heteroatoms. The molecule has 0 aliphatic carbocycles. The van der Waals surface area contributed by atoms with Crippen LogP contribution >= 0.6 is 0 Å². The second-order valence-corrected chi connectivity index (χ2v) is 4.38. The molecule has 0 atom stereocenters. The Kier molecular flexibility index (Phi) is 13.0. The first-order valence-electron chi connectivity index (χ1n) is 6.69. The van der Waals surface area contributed by atoms with Crippen molar-refractivity contribution >= 4 is 0 Å². The highest BCUT2D eigenvalue weighted by Gasteiger charge is 1.91. The van der Waals surface area contributed by atoms with Gasteiger partial charge in [-0.05, 0) is 6.42 Å². The van der Waals surface area contributed by atoms with Crippen molar-refractivity contribution < 1.29 is 0 Å². The fourth-order valence-electron chi connectivity index (χ4n) is 1.84. The summed E-state index contributed by atoms with van der Waals surface area (Å²) in [6.07, 6.45) is 18.1. The van der Waals surface area contributed by atoms with E-state index in [2.05, 4.69) is 20.3 Å². The van der Waals surface area contributed by atoms with E-state index in [1.807, 2.05) is 0 Å². The number of hydrogen-bond donors (Lipinski definition) is 0. The zero-order valence-corrected chi connectivity index (χ0v) is 10.4. The van der Waals surface area contributed by atoms with Gasteiger partial charge < -0.3 is 0 Å². The van der Waals surface area contributed by atoms with Crippen LogP contribution in [0.1, 0.15) is 84.5 Å². The van der Waals surface area contributed by atoms with Gasteiger partial charge in [0.2, 0.25) is 0 Å². The third-order valence-electron chi connectivity index (χ3n) is 2.85. The molecule has 1 radical (unpaired) electrons. The van der Waals surface area contributed by atoms with Crippen molar-refractivity contribution in [3.63, 3.8) is 0 Å². The molecule has 0 aromatic carbocycles. The Morgan fingerprint density at radius 2 is 1.07 bits per heavy atom. The van der Waals surface area contributed by atoms with Crippen LogP contribution in [0.15, 0.2) is 0 Å². The van der Waals surface area contributed by atoms with Crippen LogP contribution in [-0.4, -0.2) is 0 Å². The minimum Gasteiger partial charge on any atom is -0.0654 e. The van der Waals surface area contributed by atoms with Gasteiger partial charge in [0.05, 0.1) is 0 Å². The predicted molar refractivity (Wildman–Crippen MR) is 66.4 cm³/mol. The van der Waals surface area contributed by atoms with Gasteiger partial charge in [0, 0.05) is 0 Å². The normalized spacial score (nSPS) is 10.7. The molecule has 0 aliphatic rings. The van der Waals surface area contributed by atoms with Crippen molar-refractivity contribution in [2.24, 2.45) is 0 Å². The van der Waals surface area contributed by atoms with E-state index in [4.69, 9.17) is 0 Å². The van der Waals surface area contributed by atoms with E-state index in [-0.39, 0.29) is 0 Å². The first kappa shape index (κ1) is 14.0. The highest BCUT2D eigenvalue weighted by Crippen LogP contribution is 2.11. The Labute approximate surface area is 91.5 Å². The van der Waals surface area contributed by atoms with Crippen molar-refractivity contribution in [3.05, 3.63) is 6.42 Å². The molecule has 0 rings (SSSR count). The molecule has 0 spiro atoms. The fraction of sp³-hybridized carbons (Fsp3) is 0.929. The highest BCUT2D eigenvalue weighted by molar-refractivity contribution is 4.55. The first-order chi connectivity index (χ1) is 6.91. The van der Waals surface area contributed by atoms with E-state index < -0.39 is 0 Å². The van der Waals surface area contributed by atoms with Crippen LogP contribution in [0.3, 0.4) is 0 Å². The summed E-state index contributed by atoms with van der Waals surface area (Å²) >= 11 is 0. The van der Waals surface area contributed by atoms with Gasteiger partial charge in [-0.15, -0.1) is 0 Å². The van der Waals surface area contributed by atoms with Crippen LogP contribution in [0.4, 0.5) is 0 Å². The SMILES string of the molecule is C[CH]CCCCCCCCCCCC. The van der Waals surface area contributed by atoms with Crippen LogP contribution < -0.4 is 0 Å². The molecule has 0 bridgehead atoms. The summed E-state index contributed by atoms with van der Waals surface area (Å²) in [5.41, 5.74) is 0. The third-order valence-corrected chi connectivity index (χ3v) is 2.85. The number of hydrogen-bond acceptors (Lipinski definition) is 0. The monoisotopic (exact) mass is 197 g/mol. The van der Waals surface area contributed by atoms with Gasteiger partial charge in [-0.2, -0.15) is 0 Å². The molecule has 0 nitrogen and oxygen atoms in total. The molecule has 0 saturated heterocycles. The molecule has 0 aromatic rings. The smallest absolute Gasteiger partial charge is 0.0417 e. The van der Waals surface area contributed by atoms with Crippen molar-refractivity contribution in [2.75, 3.05) is 0 Å². The molecule has 0 unspecified atom stereocenters. The Bertz CT molecular complexity index is 74.0. The van der Waals surface area contributed by atoms with E-state index >= 15 is 0 Å². The second kappa shape index (κ2) is 13.0. The lowest BCUT2D eigenvalue weighted by Crippen LogP contribution is -1.81. The van der Waals surface area contributed by atoms with E-state index in [9.17, 15) is 0 Å². The van der Waals surface area contributed by atoms with Gasteiger partial charge in [-0.25, -0.2) is 0 Å². The molecule has 0 saturated carbocycles. The van der Waals surface area contributed by atoms with E-state index in [1.54, 1.807) is 0 Å². The Hall–Kier alpha value is 0. The molecule has 0 heterocycles. The van der Waals surface area contributed by atoms with Crippen LogP contribution in [-0.2, 0) is 0 Å². The summed E-state index contributed by atoms with van der Waals surface area (Å²) in [4.78, 5) is 0. The maximum absolute atomic E-state index is 2.28. The Morgan fingerprint density at radius 3 is 1.50 bits per heavy atom. The number of rotatable bonds is 11. The van der Waals surface area contributed by atoms with Crippen LogP contribution in [0, 0.1) is 6.42 Å². The molecule has 0 fully saturated rings. The topological polar surface area (TPSA) is 0 Å². The maximum Gasteiger partial charge on any atom is -0.0417 e. The quantitative estimate of drug-likeness (QED) is 0.382. The van der Waals surface area contributed by atoms with Crippen molar-refractivity contribution in [1.29, 1.82) is 0 Å². The van der Waals surface area contributed by atoms with Gasteiger partial charge in [-0.3, -0.25) is 0 Å².